The van der Waals surface area contributed by atoms with Crippen LogP contribution in [0.25, 0.3) is 0 Å². The van der Waals surface area contributed by atoms with Crippen LogP contribution in [0.4, 0.5) is 0 Å². The Morgan fingerprint density at radius 3 is 2.30 bits per heavy atom. The summed E-state index contributed by atoms with van der Waals surface area (Å²) in [4.78, 5) is 16.8. The summed E-state index contributed by atoms with van der Waals surface area (Å²) in [6, 6.07) is 10.9. The van der Waals surface area contributed by atoms with Crippen LogP contribution in [0.5, 0.6) is 0 Å². The van der Waals surface area contributed by atoms with Gasteiger partial charge < -0.3 is 9.80 Å². The van der Waals surface area contributed by atoms with Gasteiger partial charge in [0.25, 0.3) is 0 Å². The van der Waals surface area contributed by atoms with Crippen LogP contribution >= 0.6 is 0 Å². The molecule has 0 unspecified atom stereocenters. The van der Waals surface area contributed by atoms with Crippen molar-refractivity contribution in [1.82, 2.24) is 9.80 Å². The molecule has 3 nitrogen and oxygen atoms in total. The molecule has 1 aromatic carbocycles. The van der Waals surface area contributed by atoms with Gasteiger partial charge in [-0.25, -0.2) is 0 Å². The molecule has 2 fully saturated rings. The second-order valence-electron chi connectivity index (χ2n) is 7.46. The Labute approximate surface area is 140 Å². The van der Waals surface area contributed by atoms with Gasteiger partial charge in [0.1, 0.15) is 0 Å². The predicted molar refractivity (Wildman–Crippen MR) is 94.5 cm³/mol. The second-order valence-corrected chi connectivity index (χ2v) is 7.46. The molecule has 1 aromatic rings. The SMILES string of the molecule is CC1(c2ccccc2)CCN(CCC(=O)N2CCCCC2)CC1. The van der Waals surface area contributed by atoms with Crippen LogP contribution in [0.15, 0.2) is 30.3 Å². The first-order valence-corrected chi connectivity index (χ1v) is 9.23. The van der Waals surface area contributed by atoms with E-state index in [4.69, 9.17) is 0 Å². The Bertz CT molecular complexity index is 500. The fraction of sp³-hybridized carbons (Fsp3) is 0.650. The van der Waals surface area contributed by atoms with E-state index in [9.17, 15) is 4.79 Å². The number of benzene rings is 1. The lowest BCUT2D eigenvalue weighted by Crippen LogP contribution is -2.43. The standard InChI is InChI=1S/C20H30N2O/c1-20(18-8-4-2-5-9-18)11-16-21(17-12-20)15-10-19(23)22-13-6-3-7-14-22/h2,4-5,8-9H,3,6-7,10-17H2,1H3. The van der Waals surface area contributed by atoms with Crippen LogP contribution in [0.2, 0.25) is 0 Å². The van der Waals surface area contributed by atoms with E-state index in [1.54, 1.807) is 0 Å². The van der Waals surface area contributed by atoms with Gasteiger partial charge in [0.15, 0.2) is 0 Å². The van der Waals surface area contributed by atoms with Crippen molar-refractivity contribution in [3.05, 3.63) is 35.9 Å². The Morgan fingerprint density at radius 1 is 1.00 bits per heavy atom. The molecule has 0 spiro atoms. The monoisotopic (exact) mass is 314 g/mol. The lowest BCUT2D eigenvalue weighted by molar-refractivity contribution is -0.132. The van der Waals surface area contributed by atoms with E-state index in [1.807, 2.05) is 0 Å². The van der Waals surface area contributed by atoms with Crippen LogP contribution in [-0.4, -0.2) is 48.4 Å². The highest BCUT2D eigenvalue weighted by molar-refractivity contribution is 5.76. The molecule has 23 heavy (non-hydrogen) atoms. The van der Waals surface area contributed by atoms with Gasteiger partial charge in [-0.3, -0.25) is 4.79 Å². The minimum absolute atomic E-state index is 0.300. The molecule has 1 amide bonds. The molecule has 0 N–H and O–H groups in total. The summed E-state index contributed by atoms with van der Waals surface area (Å²) < 4.78 is 0. The number of hydrogen-bond acceptors (Lipinski definition) is 2. The Balaban J connectivity index is 1.45. The van der Waals surface area contributed by atoms with Gasteiger partial charge in [0.2, 0.25) is 5.91 Å². The maximum Gasteiger partial charge on any atom is 0.223 e. The van der Waals surface area contributed by atoms with Crippen molar-refractivity contribution in [3.8, 4) is 0 Å². The van der Waals surface area contributed by atoms with Gasteiger partial charge in [0, 0.05) is 26.1 Å². The normalized spacial score (nSPS) is 22.0. The molecule has 3 heteroatoms. The van der Waals surface area contributed by atoms with Crippen LogP contribution in [-0.2, 0) is 10.2 Å². The zero-order valence-electron chi connectivity index (χ0n) is 14.5. The lowest BCUT2D eigenvalue weighted by atomic mass is 9.74. The van der Waals surface area contributed by atoms with Crippen molar-refractivity contribution in [3.63, 3.8) is 0 Å². The van der Waals surface area contributed by atoms with Gasteiger partial charge in [-0.15, -0.1) is 0 Å². The molecule has 0 atom stereocenters. The van der Waals surface area contributed by atoms with E-state index in [-0.39, 0.29) is 0 Å². The average Bonchev–Trinajstić information content (AvgIpc) is 2.62. The maximum atomic E-state index is 12.3. The third-order valence-electron chi connectivity index (χ3n) is 5.78. The zero-order valence-corrected chi connectivity index (χ0v) is 14.5. The Kier molecular flexibility index (Phi) is 5.37. The first kappa shape index (κ1) is 16.5. The lowest BCUT2D eigenvalue weighted by Gasteiger charge is -2.40. The molecule has 2 aliphatic heterocycles. The molecular formula is C20H30N2O. The second kappa shape index (κ2) is 7.48. The van der Waals surface area contributed by atoms with E-state index >= 15 is 0 Å². The van der Waals surface area contributed by atoms with Crippen LogP contribution in [0.1, 0.15) is 51.0 Å². The third kappa shape index (κ3) is 4.14. The maximum absolute atomic E-state index is 12.3. The highest BCUT2D eigenvalue weighted by Gasteiger charge is 2.31. The highest BCUT2D eigenvalue weighted by atomic mass is 16.2. The summed E-state index contributed by atoms with van der Waals surface area (Å²) in [6.07, 6.45) is 6.73. The number of nitrogens with zero attached hydrogens (tertiary/aromatic N) is 2. The molecule has 2 heterocycles. The molecule has 0 aromatic heterocycles. The zero-order chi connectivity index (χ0) is 16.1. The first-order valence-electron chi connectivity index (χ1n) is 9.23. The quantitative estimate of drug-likeness (QED) is 0.850. The van der Waals surface area contributed by atoms with Gasteiger partial charge in [-0.2, -0.15) is 0 Å². The molecule has 126 valence electrons. The van der Waals surface area contributed by atoms with E-state index in [2.05, 4.69) is 47.1 Å². The fourth-order valence-electron chi connectivity index (χ4n) is 3.95. The van der Waals surface area contributed by atoms with Gasteiger partial charge in [0.05, 0.1) is 0 Å². The van der Waals surface area contributed by atoms with Crippen LogP contribution in [0.3, 0.4) is 0 Å². The average molecular weight is 314 g/mol. The molecule has 0 bridgehead atoms. The largest absolute Gasteiger partial charge is 0.343 e. The number of amides is 1. The van der Waals surface area contributed by atoms with Crippen LogP contribution in [0, 0.1) is 0 Å². The Hall–Kier alpha value is -1.35. The van der Waals surface area contributed by atoms with Crippen LogP contribution < -0.4 is 0 Å². The Morgan fingerprint density at radius 2 is 1.65 bits per heavy atom. The minimum Gasteiger partial charge on any atom is -0.343 e. The van der Waals surface area contributed by atoms with Gasteiger partial charge >= 0.3 is 0 Å². The van der Waals surface area contributed by atoms with Crippen molar-refractivity contribution in [2.45, 2.75) is 50.9 Å². The minimum atomic E-state index is 0.300. The molecule has 0 radical (unpaired) electrons. The molecule has 2 saturated heterocycles. The number of carbonyl (C=O) groups is 1. The number of carbonyl (C=O) groups excluding carboxylic acids is 1. The van der Waals surface area contributed by atoms with Crippen molar-refractivity contribution in [2.24, 2.45) is 0 Å². The molecule has 0 saturated carbocycles. The molecule has 2 aliphatic rings. The summed E-state index contributed by atoms with van der Waals surface area (Å²) >= 11 is 0. The predicted octanol–water partition coefficient (Wildman–Crippen LogP) is 3.44. The topological polar surface area (TPSA) is 23.6 Å². The van der Waals surface area contributed by atoms with Gasteiger partial charge in [-0.1, -0.05) is 37.3 Å². The summed E-state index contributed by atoms with van der Waals surface area (Å²) in [7, 11) is 0. The van der Waals surface area contributed by atoms with E-state index in [1.165, 1.54) is 37.7 Å². The molecular weight excluding hydrogens is 284 g/mol. The number of likely N-dealkylation sites (tertiary alicyclic amines) is 2. The summed E-state index contributed by atoms with van der Waals surface area (Å²) in [5.41, 5.74) is 1.76. The van der Waals surface area contributed by atoms with Crippen molar-refractivity contribution < 1.29 is 4.79 Å². The smallest absolute Gasteiger partial charge is 0.223 e. The van der Waals surface area contributed by atoms with Gasteiger partial charge in [-0.05, 0) is 56.2 Å². The fourth-order valence-corrected chi connectivity index (χ4v) is 3.95. The van der Waals surface area contributed by atoms with Crippen molar-refractivity contribution in [2.75, 3.05) is 32.7 Å². The number of piperidine rings is 2. The van der Waals surface area contributed by atoms with E-state index < -0.39 is 0 Å². The summed E-state index contributed by atoms with van der Waals surface area (Å²) in [5, 5.41) is 0. The first-order chi connectivity index (χ1) is 11.2. The van der Waals surface area contributed by atoms with E-state index in [0.29, 0.717) is 17.7 Å². The summed E-state index contributed by atoms with van der Waals surface area (Å²) in [6.45, 7) is 7.49. The van der Waals surface area contributed by atoms with E-state index in [0.717, 1.165) is 32.7 Å². The molecule has 0 aliphatic carbocycles. The van der Waals surface area contributed by atoms with Crippen molar-refractivity contribution in [1.29, 1.82) is 0 Å². The molecule has 3 rings (SSSR count). The highest BCUT2D eigenvalue weighted by Crippen LogP contribution is 2.34. The number of rotatable bonds is 4. The summed E-state index contributed by atoms with van der Waals surface area (Å²) in [5.74, 6) is 0.362. The number of hydrogen-bond donors (Lipinski definition) is 0. The third-order valence-corrected chi connectivity index (χ3v) is 5.78. The van der Waals surface area contributed by atoms with Crippen molar-refractivity contribution >= 4 is 5.91 Å².